The predicted octanol–water partition coefficient (Wildman–Crippen LogP) is 4.52. The molecular formula is C15H23BrO2. The summed E-state index contributed by atoms with van der Waals surface area (Å²) in [5, 5.41) is 1.02. The van der Waals surface area contributed by atoms with Crippen LogP contribution in [0.15, 0.2) is 24.3 Å². The molecule has 0 radical (unpaired) electrons. The molecule has 102 valence electrons. The lowest BCUT2D eigenvalue weighted by Gasteiger charge is -2.29. The van der Waals surface area contributed by atoms with Gasteiger partial charge < -0.3 is 9.47 Å². The van der Waals surface area contributed by atoms with E-state index in [1.54, 1.807) is 7.11 Å². The number of hydrogen-bond donors (Lipinski definition) is 0. The highest BCUT2D eigenvalue weighted by Crippen LogP contribution is 2.30. The Kier molecular flexibility index (Phi) is 6.00. The fourth-order valence-corrected chi connectivity index (χ4v) is 3.03. The Bertz CT molecular complexity index is 341. The average Bonchev–Trinajstić information content (AvgIpc) is 2.34. The third-order valence-electron chi connectivity index (χ3n) is 3.21. The average molecular weight is 315 g/mol. The molecule has 0 aliphatic heterocycles. The second-order valence-electron chi connectivity index (χ2n) is 5.53. The Morgan fingerprint density at radius 3 is 2.11 bits per heavy atom. The van der Waals surface area contributed by atoms with Crippen LogP contribution in [0, 0.1) is 11.3 Å². The van der Waals surface area contributed by atoms with E-state index in [0.29, 0.717) is 11.3 Å². The maximum Gasteiger partial charge on any atom is 0.119 e. The SMILES string of the molecule is COc1ccc(OCCC(CBr)C(C)(C)C)cc1. The van der Waals surface area contributed by atoms with Gasteiger partial charge in [-0.3, -0.25) is 0 Å². The molecular weight excluding hydrogens is 292 g/mol. The van der Waals surface area contributed by atoms with Gasteiger partial charge in [0.05, 0.1) is 13.7 Å². The molecule has 3 heteroatoms. The molecule has 0 heterocycles. The molecule has 1 aromatic carbocycles. The van der Waals surface area contributed by atoms with E-state index >= 15 is 0 Å². The van der Waals surface area contributed by atoms with Crippen LogP contribution in [0.2, 0.25) is 0 Å². The molecule has 0 saturated carbocycles. The van der Waals surface area contributed by atoms with Gasteiger partial charge in [-0.2, -0.15) is 0 Å². The van der Waals surface area contributed by atoms with Crippen molar-refractivity contribution < 1.29 is 9.47 Å². The lowest BCUT2D eigenvalue weighted by Crippen LogP contribution is -2.23. The van der Waals surface area contributed by atoms with Crippen molar-refractivity contribution in [3.63, 3.8) is 0 Å². The van der Waals surface area contributed by atoms with E-state index in [1.807, 2.05) is 24.3 Å². The van der Waals surface area contributed by atoms with Crippen LogP contribution < -0.4 is 9.47 Å². The van der Waals surface area contributed by atoms with Crippen LogP contribution in [0.1, 0.15) is 27.2 Å². The normalized spacial score (nSPS) is 13.2. The van der Waals surface area contributed by atoms with Gasteiger partial charge in [-0.25, -0.2) is 0 Å². The highest BCUT2D eigenvalue weighted by molar-refractivity contribution is 9.09. The molecule has 18 heavy (non-hydrogen) atoms. The Balaban J connectivity index is 2.40. The number of halogens is 1. The summed E-state index contributed by atoms with van der Waals surface area (Å²) < 4.78 is 10.9. The Morgan fingerprint density at radius 1 is 1.11 bits per heavy atom. The molecule has 0 fully saturated rings. The molecule has 0 N–H and O–H groups in total. The van der Waals surface area contributed by atoms with Crippen molar-refractivity contribution in [2.24, 2.45) is 11.3 Å². The second kappa shape index (κ2) is 7.03. The van der Waals surface area contributed by atoms with Gasteiger partial charge >= 0.3 is 0 Å². The summed E-state index contributed by atoms with van der Waals surface area (Å²) in [5.74, 6) is 2.38. The Labute approximate surface area is 119 Å². The van der Waals surface area contributed by atoms with Crippen molar-refractivity contribution in [1.82, 2.24) is 0 Å². The predicted molar refractivity (Wildman–Crippen MR) is 79.8 cm³/mol. The molecule has 0 aliphatic carbocycles. The highest BCUT2D eigenvalue weighted by Gasteiger charge is 2.23. The zero-order chi connectivity index (χ0) is 13.6. The summed E-state index contributed by atoms with van der Waals surface area (Å²) in [4.78, 5) is 0. The summed E-state index contributed by atoms with van der Waals surface area (Å²) >= 11 is 3.58. The smallest absolute Gasteiger partial charge is 0.119 e. The first kappa shape index (κ1) is 15.4. The molecule has 0 bridgehead atoms. The van der Waals surface area contributed by atoms with Crippen molar-refractivity contribution in [2.75, 3.05) is 19.0 Å². The summed E-state index contributed by atoms with van der Waals surface area (Å²) in [6.07, 6.45) is 1.06. The van der Waals surface area contributed by atoms with Crippen molar-refractivity contribution in [2.45, 2.75) is 27.2 Å². The summed E-state index contributed by atoms with van der Waals surface area (Å²) in [7, 11) is 1.67. The number of alkyl halides is 1. The van der Waals surface area contributed by atoms with Crippen molar-refractivity contribution in [3.8, 4) is 11.5 Å². The summed E-state index contributed by atoms with van der Waals surface area (Å²) in [6.45, 7) is 7.56. The molecule has 1 aromatic rings. The number of methoxy groups -OCH3 is 1. The van der Waals surface area contributed by atoms with Gasteiger partial charge in [0, 0.05) is 5.33 Å². The van der Waals surface area contributed by atoms with Gasteiger partial charge in [0.25, 0.3) is 0 Å². The fourth-order valence-electron chi connectivity index (χ4n) is 1.73. The molecule has 0 aromatic heterocycles. The van der Waals surface area contributed by atoms with E-state index in [4.69, 9.17) is 9.47 Å². The van der Waals surface area contributed by atoms with Crippen LogP contribution >= 0.6 is 15.9 Å². The molecule has 1 atom stereocenters. The van der Waals surface area contributed by atoms with Crippen LogP contribution in [0.25, 0.3) is 0 Å². The maximum absolute atomic E-state index is 5.76. The third kappa shape index (κ3) is 4.89. The van der Waals surface area contributed by atoms with Crippen LogP contribution in [0.4, 0.5) is 0 Å². The molecule has 0 aliphatic rings. The van der Waals surface area contributed by atoms with E-state index in [-0.39, 0.29) is 0 Å². The van der Waals surface area contributed by atoms with Crippen molar-refractivity contribution >= 4 is 15.9 Å². The standard InChI is InChI=1S/C15H23BrO2/c1-15(2,3)12(11-16)9-10-18-14-7-5-13(17-4)6-8-14/h5-8,12H,9-11H2,1-4H3. The lowest BCUT2D eigenvalue weighted by atomic mass is 9.80. The van der Waals surface area contributed by atoms with Crippen LogP contribution in [0.3, 0.4) is 0 Å². The van der Waals surface area contributed by atoms with Crippen LogP contribution in [-0.4, -0.2) is 19.0 Å². The molecule has 0 saturated heterocycles. The van der Waals surface area contributed by atoms with Crippen molar-refractivity contribution in [3.05, 3.63) is 24.3 Å². The minimum Gasteiger partial charge on any atom is -0.497 e. The zero-order valence-electron chi connectivity index (χ0n) is 11.7. The lowest BCUT2D eigenvalue weighted by molar-refractivity contribution is 0.203. The van der Waals surface area contributed by atoms with Gasteiger partial charge in [0.1, 0.15) is 11.5 Å². The Hall–Kier alpha value is -0.700. The molecule has 0 spiro atoms. The van der Waals surface area contributed by atoms with Gasteiger partial charge in [-0.1, -0.05) is 36.7 Å². The van der Waals surface area contributed by atoms with Crippen LogP contribution in [-0.2, 0) is 0 Å². The maximum atomic E-state index is 5.76. The molecule has 2 nitrogen and oxygen atoms in total. The number of hydrogen-bond acceptors (Lipinski definition) is 2. The number of rotatable bonds is 6. The number of ether oxygens (including phenoxy) is 2. The van der Waals surface area contributed by atoms with Gasteiger partial charge in [0.15, 0.2) is 0 Å². The fraction of sp³-hybridized carbons (Fsp3) is 0.600. The summed E-state index contributed by atoms with van der Waals surface area (Å²) in [5.41, 5.74) is 0.312. The first-order valence-electron chi connectivity index (χ1n) is 6.30. The first-order chi connectivity index (χ1) is 8.47. The zero-order valence-corrected chi connectivity index (χ0v) is 13.3. The summed E-state index contributed by atoms with van der Waals surface area (Å²) in [6, 6.07) is 7.72. The molecule has 0 amide bonds. The van der Waals surface area contributed by atoms with E-state index in [2.05, 4.69) is 36.7 Å². The minimum atomic E-state index is 0.312. The van der Waals surface area contributed by atoms with Crippen molar-refractivity contribution in [1.29, 1.82) is 0 Å². The van der Waals surface area contributed by atoms with E-state index in [9.17, 15) is 0 Å². The van der Waals surface area contributed by atoms with E-state index < -0.39 is 0 Å². The quantitative estimate of drug-likeness (QED) is 0.719. The topological polar surface area (TPSA) is 18.5 Å². The van der Waals surface area contributed by atoms with Gasteiger partial charge in [0.2, 0.25) is 0 Å². The largest absolute Gasteiger partial charge is 0.497 e. The Morgan fingerprint density at radius 2 is 1.67 bits per heavy atom. The minimum absolute atomic E-state index is 0.312. The number of benzene rings is 1. The first-order valence-corrected chi connectivity index (χ1v) is 7.42. The van der Waals surface area contributed by atoms with Gasteiger partial charge in [-0.05, 0) is 42.0 Å². The van der Waals surface area contributed by atoms with E-state index in [0.717, 1.165) is 29.9 Å². The van der Waals surface area contributed by atoms with E-state index in [1.165, 1.54) is 0 Å². The second-order valence-corrected chi connectivity index (χ2v) is 6.18. The third-order valence-corrected chi connectivity index (χ3v) is 3.99. The molecule has 1 unspecified atom stereocenters. The highest BCUT2D eigenvalue weighted by atomic mass is 79.9. The molecule has 1 rings (SSSR count). The van der Waals surface area contributed by atoms with Crippen LogP contribution in [0.5, 0.6) is 11.5 Å². The monoisotopic (exact) mass is 314 g/mol. The van der Waals surface area contributed by atoms with Gasteiger partial charge in [-0.15, -0.1) is 0 Å².